The third kappa shape index (κ3) is 5.28. The van der Waals surface area contributed by atoms with E-state index in [1.165, 1.54) is 12.1 Å². The summed E-state index contributed by atoms with van der Waals surface area (Å²) in [5.41, 5.74) is 8.70. The number of halogens is 3. The van der Waals surface area contributed by atoms with Gasteiger partial charge in [-0.1, -0.05) is 127 Å². The number of aromatic nitrogens is 2. The van der Waals surface area contributed by atoms with Crippen LogP contribution in [-0.2, 0) is 6.18 Å². The van der Waals surface area contributed by atoms with E-state index in [0.29, 0.717) is 11.4 Å². The topological polar surface area (TPSA) is 33.6 Å². The molecule has 0 atom stereocenters. The van der Waals surface area contributed by atoms with Gasteiger partial charge in [-0.15, -0.1) is 0 Å². The minimum atomic E-state index is -4.63. The van der Waals surface area contributed by atoms with Crippen LogP contribution in [0.15, 0.2) is 182 Å². The Morgan fingerprint density at radius 3 is 1.36 bits per heavy atom. The molecule has 10 rings (SSSR count). The largest absolute Gasteiger partial charge is 0.417 e. The molecule has 2 heterocycles. The Kier molecular flexibility index (Phi) is 7.65. The van der Waals surface area contributed by atoms with E-state index in [4.69, 9.17) is 0 Å². The molecule has 0 fully saturated rings. The van der Waals surface area contributed by atoms with E-state index >= 15 is 0 Å². The van der Waals surface area contributed by atoms with E-state index < -0.39 is 11.7 Å². The molecule has 0 amide bonds. The second kappa shape index (κ2) is 12.9. The fourth-order valence-electron chi connectivity index (χ4n) is 8.30. The molecule has 2 aromatic heterocycles. The molecule has 6 heteroatoms. The van der Waals surface area contributed by atoms with E-state index in [1.54, 1.807) is 18.2 Å². The van der Waals surface area contributed by atoms with Crippen LogP contribution in [-0.4, -0.2) is 9.13 Å². The predicted molar refractivity (Wildman–Crippen MR) is 221 cm³/mol. The van der Waals surface area contributed by atoms with Gasteiger partial charge in [0.25, 0.3) is 0 Å². The molecule has 8 aromatic carbocycles. The van der Waals surface area contributed by atoms with Crippen molar-refractivity contribution in [2.45, 2.75) is 6.18 Å². The second-order valence-corrected chi connectivity index (χ2v) is 13.9. The van der Waals surface area contributed by atoms with Crippen molar-refractivity contribution in [3.05, 3.63) is 193 Å². The number of nitrogens with zero attached hydrogens (tertiary/aromatic N) is 3. The summed E-state index contributed by atoms with van der Waals surface area (Å²) in [5, 5.41) is 14.8. The molecule has 0 aliphatic heterocycles. The van der Waals surface area contributed by atoms with Crippen LogP contribution in [0.5, 0.6) is 0 Å². The molecule has 0 aliphatic carbocycles. The minimum absolute atomic E-state index is 0.0498. The molecule has 0 spiro atoms. The number of para-hydroxylation sites is 2. The van der Waals surface area contributed by atoms with Crippen LogP contribution in [0.2, 0.25) is 0 Å². The lowest BCUT2D eigenvalue weighted by Gasteiger charge is -2.21. The van der Waals surface area contributed by atoms with Crippen LogP contribution in [0.3, 0.4) is 0 Å². The highest BCUT2D eigenvalue weighted by atomic mass is 19.4. The summed E-state index contributed by atoms with van der Waals surface area (Å²) in [4.78, 5) is 0. The number of nitriles is 1. The molecule has 0 bridgehead atoms. The lowest BCUT2D eigenvalue weighted by molar-refractivity contribution is -0.137. The molecule has 0 N–H and O–H groups in total. The van der Waals surface area contributed by atoms with Crippen molar-refractivity contribution >= 4 is 43.6 Å². The molecule has 3 nitrogen and oxygen atoms in total. The van der Waals surface area contributed by atoms with Gasteiger partial charge in [0.2, 0.25) is 0 Å². The van der Waals surface area contributed by atoms with Gasteiger partial charge < -0.3 is 9.13 Å². The van der Waals surface area contributed by atoms with Crippen molar-refractivity contribution in [1.29, 1.82) is 5.26 Å². The number of hydrogen-bond donors (Lipinski definition) is 0. The Balaban J connectivity index is 1.34. The van der Waals surface area contributed by atoms with Crippen molar-refractivity contribution in [2.75, 3.05) is 0 Å². The third-order valence-corrected chi connectivity index (χ3v) is 10.8. The van der Waals surface area contributed by atoms with Gasteiger partial charge in [-0.2, -0.15) is 18.4 Å². The monoisotopic (exact) mass is 729 g/mol. The van der Waals surface area contributed by atoms with Crippen molar-refractivity contribution in [2.24, 2.45) is 0 Å². The SMILES string of the molecule is N#Cc1cc(-n2c3ccccc3c3cc(-c4ccccc4)ccc32)c(-n2c3ccccc3c3cc(-c4ccccc4)ccc32)cc1-c1ccccc1C(F)(F)F. The zero-order chi connectivity index (χ0) is 38.0. The quantitative estimate of drug-likeness (QED) is 0.174. The number of alkyl halides is 3. The molecule has 0 radical (unpaired) electrons. The molecule has 0 aliphatic rings. The van der Waals surface area contributed by atoms with Crippen LogP contribution in [0.4, 0.5) is 13.2 Å². The first-order valence-electron chi connectivity index (χ1n) is 18.3. The number of fused-ring (bicyclic) bond motifs is 6. The molecule has 0 saturated carbocycles. The van der Waals surface area contributed by atoms with Gasteiger partial charge in [-0.3, -0.25) is 0 Å². The van der Waals surface area contributed by atoms with Gasteiger partial charge in [-0.05, 0) is 82.4 Å². The Morgan fingerprint density at radius 1 is 0.393 bits per heavy atom. The van der Waals surface area contributed by atoms with Crippen LogP contribution in [0.1, 0.15) is 11.1 Å². The van der Waals surface area contributed by atoms with Crippen molar-refractivity contribution in [3.8, 4) is 50.8 Å². The molecular formula is C50H30F3N3. The molecular weight excluding hydrogens is 700 g/mol. The maximum absolute atomic E-state index is 14.7. The van der Waals surface area contributed by atoms with Crippen molar-refractivity contribution < 1.29 is 13.2 Å². The Morgan fingerprint density at radius 2 is 0.839 bits per heavy atom. The summed E-state index contributed by atoms with van der Waals surface area (Å²) in [5.74, 6) is 0. The molecule has 266 valence electrons. The Labute approximate surface area is 320 Å². The van der Waals surface area contributed by atoms with Gasteiger partial charge in [0.05, 0.1) is 50.6 Å². The highest BCUT2D eigenvalue weighted by molar-refractivity contribution is 6.13. The van der Waals surface area contributed by atoms with E-state index in [9.17, 15) is 18.4 Å². The van der Waals surface area contributed by atoms with Gasteiger partial charge in [0.1, 0.15) is 0 Å². The van der Waals surface area contributed by atoms with Crippen molar-refractivity contribution in [1.82, 2.24) is 9.13 Å². The van der Waals surface area contributed by atoms with Crippen LogP contribution < -0.4 is 0 Å². The van der Waals surface area contributed by atoms with Gasteiger partial charge >= 0.3 is 6.18 Å². The highest BCUT2D eigenvalue weighted by Crippen LogP contribution is 2.44. The first kappa shape index (κ1) is 33.2. The number of hydrogen-bond acceptors (Lipinski definition) is 1. The minimum Gasteiger partial charge on any atom is -0.307 e. The first-order chi connectivity index (χ1) is 27.4. The van der Waals surface area contributed by atoms with E-state index in [-0.39, 0.29) is 16.7 Å². The highest BCUT2D eigenvalue weighted by Gasteiger charge is 2.34. The first-order valence-corrected chi connectivity index (χ1v) is 18.3. The maximum atomic E-state index is 14.7. The lowest BCUT2D eigenvalue weighted by Crippen LogP contribution is -2.09. The summed E-state index contributed by atoms with van der Waals surface area (Å²) in [7, 11) is 0. The third-order valence-electron chi connectivity index (χ3n) is 10.8. The van der Waals surface area contributed by atoms with Crippen molar-refractivity contribution in [3.63, 3.8) is 0 Å². The van der Waals surface area contributed by atoms with E-state index in [1.807, 2.05) is 66.7 Å². The summed E-state index contributed by atoms with van der Waals surface area (Å²) >= 11 is 0. The second-order valence-electron chi connectivity index (χ2n) is 13.9. The van der Waals surface area contributed by atoms with Crippen LogP contribution in [0, 0.1) is 11.3 Å². The summed E-state index contributed by atoms with van der Waals surface area (Å²) in [6.45, 7) is 0. The summed E-state index contributed by atoms with van der Waals surface area (Å²) in [6.07, 6.45) is -4.63. The zero-order valence-corrected chi connectivity index (χ0v) is 29.8. The molecule has 0 unspecified atom stereocenters. The summed E-state index contributed by atoms with van der Waals surface area (Å²) in [6, 6.07) is 60.7. The lowest BCUT2D eigenvalue weighted by atomic mass is 9.94. The molecule has 56 heavy (non-hydrogen) atoms. The summed E-state index contributed by atoms with van der Waals surface area (Å²) < 4.78 is 48.2. The molecule has 0 saturated heterocycles. The fourth-order valence-corrected chi connectivity index (χ4v) is 8.30. The smallest absolute Gasteiger partial charge is 0.307 e. The Hall–Kier alpha value is -7.36. The van der Waals surface area contributed by atoms with E-state index in [2.05, 4.69) is 94.1 Å². The maximum Gasteiger partial charge on any atom is 0.417 e. The van der Waals surface area contributed by atoms with E-state index in [0.717, 1.165) is 71.9 Å². The fraction of sp³-hybridized carbons (Fsp3) is 0.0200. The average Bonchev–Trinajstić information content (AvgIpc) is 3.75. The number of rotatable bonds is 5. The average molecular weight is 730 g/mol. The normalized spacial score (nSPS) is 11.8. The van der Waals surface area contributed by atoms with Crippen LogP contribution in [0.25, 0.3) is 88.4 Å². The van der Waals surface area contributed by atoms with Gasteiger partial charge in [0, 0.05) is 27.1 Å². The Bertz CT molecular complexity index is 3180. The van der Waals surface area contributed by atoms with Gasteiger partial charge in [0.15, 0.2) is 0 Å². The van der Waals surface area contributed by atoms with Gasteiger partial charge in [-0.25, -0.2) is 0 Å². The predicted octanol–water partition coefficient (Wildman–Crippen LogP) is 13.8. The molecule has 10 aromatic rings. The van der Waals surface area contributed by atoms with Crippen LogP contribution >= 0.6 is 0 Å². The standard InChI is InChI=1S/C50H30F3N3/c51-50(52,53)43-20-10-7-17-37(43)40-30-49(56-45-22-12-9-19-39(45)42-28-35(24-26-47(42)56)33-15-5-2-6-16-33)48(29-36(40)31-54)55-44-21-11-8-18-38(44)41-27-34(23-25-46(41)55)32-13-3-1-4-14-32/h1-30H. The zero-order valence-electron chi connectivity index (χ0n) is 29.8. The number of benzene rings is 8.